The van der Waals surface area contributed by atoms with Crippen molar-refractivity contribution in [1.82, 2.24) is 5.32 Å². The smallest absolute Gasteiger partial charge is 0.263 e. The van der Waals surface area contributed by atoms with Crippen LogP contribution in [0.25, 0.3) is 10.1 Å². The number of halogens is 1. The summed E-state index contributed by atoms with van der Waals surface area (Å²) in [5.41, 5.74) is 8.02. The van der Waals surface area contributed by atoms with Gasteiger partial charge in [0.1, 0.15) is 4.88 Å². The number of fused-ring (bicyclic) bond motifs is 1. The topological polar surface area (TPSA) is 55.1 Å². The Morgan fingerprint density at radius 1 is 1.43 bits per heavy atom. The molecular formula is C16H17ClN2OS. The molecule has 3 N–H and O–H groups in total. The predicted molar refractivity (Wildman–Crippen MR) is 90.1 cm³/mol. The molecular weight excluding hydrogens is 304 g/mol. The number of nitrogens with one attached hydrogen (secondary N) is 1. The molecule has 3 nitrogen and oxygen atoms in total. The van der Waals surface area contributed by atoms with Crippen LogP contribution in [0.5, 0.6) is 0 Å². The third-order valence-corrected chi connectivity index (χ3v) is 5.26. The van der Waals surface area contributed by atoms with Gasteiger partial charge in [-0.3, -0.25) is 4.79 Å². The predicted octanol–water partition coefficient (Wildman–Crippen LogP) is 4.37. The van der Waals surface area contributed by atoms with Crippen molar-refractivity contribution in [2.24, 2.45) is 0 Å². The average Bonchev–Trinajstić information content (AvgIpc) is 3.08. The minimum atomic E-state index is -0.108. The summed E-state index contributed by atoms with van der Waals surface area (Å²) in [6, 6.07) is 5.60. The number of nitrogens with two attached hydrogens (primary N) is 1. The van der Waals surface area contributed by atoms with Crippen molar-refractivity contribution >= 4 is 44.6 Å². The Bertz CT molecular complexity index is 720. The molecule has 2 aromatic rings. The lowest BCUT2D eigenvalue weighted by atomic mass is 10.1. The second-order valence-corrected chi connectivity index (χ2v) is 6.68. The van der Waals surface area contributed by atoms with E-state index in [4.69, 9.17) is 17.3 Å². The third-order valence-electron chi connectivity index (χ3n) is 3.77. The maximum absolute atomic E-state index is 12.3. The first-order valence-electron chi connectivity index (χ1n) is 7.09. The molecule has 0 atom stereocenters. The molecule has 5 heteroatoms. The standard InChI is InChI=1S/C16H17ClN2OS/c17-11-6-3-7-12-13(11)14(18)15(21-12)16(20)19-9-8-10-4-1-2-5-10/h3-4,6-7H,1-2,5,8-9,18H2,(H,19,20). The van der Waals surface area contributed by atoms with E-state index in [9.17, 15) is 4.79 Å². The van der Waals surface area contributed by atoms with Crippen LogP contribution in [0.2, 0.25) is 5.02 Å². The first-order chi connectivity index (χ1) is 10.2. The fourth-order valence-electron chi connectivity index (χ4n) is 2.68. The van der Waals surface area contributed by atoms with Crippen LogP contribution in [0.15, 0.2) is 29.8 Å². The Balaban J connectivity index is 1.72. The summed E-state index contributed by atoms with van der Waals surface area (Å²) < 4.78 is 0.948. The van der Waals surface area contributed by atoms with Gasteiger partial charge in [0.05, 0.1) is 10.7 Å². The molecule has 0 spiro atoms. The molecule has 3 rings (SSSR count). The molecule has 1 aromatic carbocycles. The number of hydrogen-bond acceptors (Lipinski definition) is 3. The molecule has 1 aliphatic rings. The zero-order chi connectivity index (χ0) is 14.8. The van der Waals surface area contributed by atoms with E-state index >= 15 is 0 Å². The minimum Gasteiger partial charge on any atom is -0.397 e. The Kier molecular flexibility index (Phi) is 4.17. The molecule has 110 valence electrons. The third kappa shape index (κ3) is 2.92. The summed E-state index contributed by atoms with van der Waals surface area (Å²) in [5.74, 6) is -0.108. The molecule has 0 saturated heterocycles. The average molecular weight is 321 g/mol. The van der Waals surface area contributed by atoms with Crippen molar-refractivity contribution in [3.05, 3.63) is 39.7 Å². The van der Waals surface area contributed by atoms with E-state index in [-0.39, 0.29) is 5.91 Å². The van der Waals surface area contributed by atoms with Crippen molar-refractivity contribution in [3.8, 4) is 0 Å². The molecule has 21 heavy (non-hydrogen) atoms. The Labute approximate surface area is 132 Å². The van der Waals surface area contributed by atoms with Gasteiger partial charge in [-0.2, -0.15) is 0 Å². The van der Waals surface area contributed by atoms with Crippen LogP contribution in [-0.2, 0) is 0 Å². The SMILES string of the molecule is Nc1c(C(=O)NCCC2=CCCC2)sc2cccc(Cl)c12. The fraction of sp³-hybridized carbons (Fsp3) is 0.312. The van der Waals surface area contributed by atoms with Crippen LogP contribution < -0.4 is 11.1 Å². The number of carbonyl (C=O) groups excluding carboxylic acids is 1. The lowest BCUT2D eigenvalue weighted by Gasteiger charge is -2.05. The van der Waals surface area contributed by atoms with Crippen LogP contribution >= 0.6 is 22.9 Å². The van der Waals surface area contributed by atoms with E-state index in [1.165, 1.54) is 29.8 Å². The van der Waals surface area contributed by atoms with Gasteiger partial charge in [-0.15, -0.1) is 11.3 Å². The number of allylic oxidation sites excluding steroid dienone is 1. The summed E-state index contributed by atoms with van der Waals surface area (Å²) in [5, 5.41) is 4.33. The lowest BCUT2D eigenvalue weighted by molar-refractivity contribution is 0.0959. The number of nitrogen functional groups attached to an aromatic ring is 1. The number of anilines is 1. The van der Waals surface area contributed by atoms with Gasteiger partial charge in [0.25, 0.3) is 5.91 Å². The van der Waals surface area contributed by atoms with Crippen molar-refractivity contribution in [2.75, 3.05) is 12.3 Å². The Morgan fingerprint density at radius 3 is 3.00 bits per heavy atom. The van der Waals surface area contributed by atoms with E-state index in [1.54, 1.807) is 6.07 Å². The van der Waals surface area contributed by atoms with Crippen LogP contribution in [0, 0.1) is 0 Å². The summed E-state index contributed by atoms with van der Waals surface area (Å²) in [4.78, 5) is 12.8. The van der Waals surface area contributed by atoms with E-state index in [1.807, 2.05) is 12.1 Å². The lowest BCUT2D eigenvalue weighted by Crippen LogP contribution is -2.24. The number of carbonyl (C=O) groups is 1. The van der Waals surface area contributed by atoms with E-state index in [2.05, 4.69) is 11.4 Å². The van der Waals surface area contributed by atoms with Crippen LogP contribution in [-0.4, -0.2) is 12.5 Å². The van der Waals surface area contributed by atoms with Gasteiger partial charge in [-0.05, 0) is 37.8 Å². The van der Waals surface area contributed by atoms with Gasteiger partial charge in [-0.1, -0.05) is 29.3 Å². The zero-order valence-corrected chi connectivity index (χ0v) is 13.2. The molecule has 0 saturated carbocycles. The van der Waals surface area contributed by atoms with Crippen LogP contribution in [0.4, 0.5) is 5.69 Å². The molecule has 1 heterocycles. The molecule has 0 unspecified atom stereocenters. The highest BCUT2D eigenvalue weighted by atomic mass is 35.5. The quantitative estimate of drug-likeness (QED) is 0.822. The molecule has 1 aromatic heterocycles. The normalized spacial score (nSPS) is 14.4. The second kappa shape index (κ2) is 6.08. The number of benzene rings is 1. The van der Waals surface area contributed by atoms with Crippen LogP contribution in [0.3, 0.4) is 0 Å². The maximum Gasteiger partial charge on any atom is 0.263 e. The van der Waals surface area contributed by atoms with Gasteiger partial charge in [0.15, 0.2) is 0 Å². The fourth-order valence-corrected chi connectivity index (χ4v) is 4.08. The van der Waals surface area contributed by atoms with Crippen molar-refractivity contribution in [2.45, 2.75) is 25.7 Å². The first kappa shape index (κ1) is 14.4. The Morgan fingerprint density at radius 2 is 2.29 bits per heavy atom. The van der Waals surface area contributed by atoms with Gasteiger partial charge in [0.2, 0.25) is 0 Å². The van der Waals surface area contributed by atoms with E-state index in [0.29, 0.717) is 22.1 Å². The Hall–Kier alpha value is -1.52. The molecule has 0 bridgehead atoms. The van der Waals surface area contributed by atoms with Crippen molar-refractivity contribution < 1.29 is 4.79 Å². The highest BCUT2D eigenvalue weighted by Gasteiger charge is 2.17. The summed E-state index contributed by atoms with van der Waals surface area (Å²) in [6.07, 6.45) is 6.78. The van der Waals surface area contributed by atoms with Gasteiger partial charge in [0, 0.05) is 16.6 Å². The van der Waals surface area contributed by atoms with Gasteiger partial charge >= 0.3 is 0 Å². The molecule has 0 aliphatic heterocycles. The van der Waals surface area contributed by atoms with Gasteiger partial charge < -0.3 is 11.1 Å². The number of rotatable bonds is 4. The highest BCUT2D eigenvalue weighted by molar-refractivity contribution is 7.21. The number of amides is 1. The molecule has 0 radical (unpaired) electrons. The summed E-state index contributed by atoms with van der Waals surface area (Å²) in [6.45, 7) is 0.659. The molecule has 1 aliphatic carbocycles. The van der Waals surface area contributed by atoms with E-state index in [0.717, 1.165) is 22.9 Å². The van der Waals surface area contributed by atoms with Gasteiger partial charge in [-0.25, -0.2) is 0 Å². The first-order valence-corrected chi connectivity index (χ1v) is 8.29. The number of hydrogen-bond donors (Lipinski definition) is 2. The van der Waals surface area contributed by atoms with Crippen molar-refractivity contribution in [3.63, 3.8) is 0 Å². The summed E-state index contributed by atoms with van der Waals surface area (Å²) in [7, 11) is 0. The van der Waals surface area contributed by atoms with Crippen molar-refractivity contribution in [1.29, 1.82) is 0 Å². The largest absolute Gasteiger partial charge is 0.397 e. The summed E-state index contributed by atoms with van der Waals surface area (Å²) >= 11 is 7.55. The van der Waals surface area contributed by atoms with E-state index < -0.39 is 0 Å². The minimum absolute atomic E-state index is 0.108. The number of thiophene rings is 1. The highest BCUT2D eigenvalue weighted by Crippen LogP contribution is 2.37. The second-order valence-electron chi connectivity index (χ2n) is 5.22. The maximum atomic E-state index is 12.3. The van der Waals surface area contributed by atoms with Crippen LogP contribution in [0.1, 0.15) is 35.4 Å². The molecule has 1 amide bonds. The monoisotopic (exact) mass is 320 g/mol. The molecule has 0 fully saturated rings. The zero-order valence-electron chi connectivity index (χ0n) is 11.6.